The first-order chi connectivity index (χ1) is 13.4. The van der Waals surface area contributed by atoms with Gasteiger partial charge in [0, 0.05) is 23.4 Å². The fraction of sp³-hybridized carbons (Fsp3) is 0.350. The van der Waals surface area contributed by atoms with E-state index in [4.69, 9.17) is 20.3 Å². The van der Waals surface area contributed by atoms with Gasteiger partial charge in [-0.3, -0.25) is 5.32 Å². The summed E-state index contributed by atoms with van der Waals surface area (Å²) < 4.78 is 11.6. The maximum atomic E-state index is 10.9. The van der Waals surface area contributed by atoms with E-state index in [-0.39, 0.29) is 18.5 Å². The molecular weight excluding hydrogens is 360 g/mol. The van der Waals surface area contributed by atoms with E-state index in [0.717, 1.165) is 17.5 Å². The summed E-state index contributed by atoms with van der Waals surface area (Å²) in [7, 11) is 0. The molecule has 146 valence electrons. The van der Waals surface area contributed by atoms with E-state index in [2.05, 4.69) is 30.2 Å². The molecule has 8 nitrogen and oxygen atoms in total. The molecule has 0 spiro atoms. The lowest BCUT2D eigenvalue weighted by Gasteiger charge is -2.23. The van der Waals surface area contributed by atoms with E-state index in [9.17, 15) is 10.1 Å². The number of nitrogens with zero attached hydrogens (tertiary/aromatic N) is 2. The third kappa shape index (κ3) is 4.15. The van der Waals surface area contributed by atoms with Gasteiger partial charge in [-0.2, -0.15) is 5.26 Å². The Morgan fingerprint density at radius 2 is 2.25 bits per heavy atom. The van der Waals surface area contributed by atoms with Crippen molar-refractivity contribution in [1.82, 2.24) is 4.98 Å². The van der Waals surface area contributed by atoms with Gasteiger partial charge >= 0.3 is 6.09 Å². The van der Waals surface area contributed by atoms with Crippen molar-refractivity contribution >= 4 is 11.9 Å². The Morgan fingerprint density at radius 3 is 2.93 bits per heavy atom. The number of nitrogens with two attached hydrogens (primary N) is 1. The van der Waals surface area contributed by atoms with Crippen LogP contribution < -0.4 is 20.5 Å². The third-order valence-electron chi connectivity index (χ3n) is 4.34. The predicted molar refractivity (Wildman–Crippen MR) is 103 cm³/mol. The Morgan fingerprint density at radius 1 is 1.46 bits per heavy atom. The van der Waals surface area contributed by atoms with Crippen LogP contribution in [0.4, 0.5) is 10.6 Å². The zero-order chi connectivity index (χ0) is 20.3. The molecule has 4 N–H and O–H groups in total. The minimum absolute atomic E-state index is 0.125. The van der Waals surface area contributed by atoms with Crippen LogP contribution in [0.25, 0.3) is 11.1 Å². The van der Waals surface area contributed by atoms with Gasteiger partial charge in [-0.15, -0.1) is 0 Å². The van der Waals surface area contributed by atoms with Crippen molar-refractivity contribution in [3.05, 3.63) is 35.5 Å². The van der Waals surface area contributed by atoms with E-state index in [1.54, 1.807) is 24.4 Å². The fourth-order valence-corrected chi connectivity index (χ4v) is 3.20. The summed E-state index contributed by atoms with van der Waals surface area (Å²) in [6, 6.07) is 7.16. The van der Waals surface area contributed by atoms with Crippen LogP contribution >= 0.6 is 0 Å². The van der Waals surface area contributed by atoms with E-state index in [1.165, 1.54) is 0 Å². The average Bonchev–Trinajstić information content (AvgIpc) is 2.64. The maximum absolute atomic E-state index is 10.9. The number of nitrogens with one attached hydrogen (secondary N) is 1. The van der Waals surface area contributed by atoms with Crippen molar-refractivity contribution in [3.63, 3.8) is 0 Å². The molecular formula is C20H22N4O4. The molecule has 1 atom stereocenters. The summed E-state index contributed by atoms with van der Waals surface area (Å²) in [6.07, 6.45) is 1.19. The second-order valence-electron chi connectivity index (χ2n) is 7.07. The highest BCUT2D eigenvalue weighted by atomic mass is 16.5. The number of aromatic nitrogens is 1. The first-order valence-electron chi connectivity index (χ1n) is 8.96. The predicted octanol–water partition coefficient (Wildman–Crippen LogP) is 3.35. The molecule has 2 aromatic rings. The average molecular weight is 382 g/mol. The number of fused-ring (bicyclic) bond motifs is 3. The first-order valence-corrected chi connectivity index (χ1v) is 8.96. The van der Waals surface area contributed by atoms with Crippen LogP contribution in [0.3, 0.4) is 0 Å². The highest BCUT2D eigenvalue weighted by Crippen LogP contribution is 2.43. The number of pyridine rings is 1. The molecule has 0 aliphatic carbocycles. The number of nitriles is 1. The van der Waals surface area contributed by atoms with Gasteiger partial charge < -0.3 is 20.3 Å². The van der Waals surface area contributed by atoms with Gasteiger partial charge in [0.05, 0.1) is 0 Å². The normalized spacial score (nSPS) is 13.0. The van der Waals surface area contributed by atoms with E-state index >= 15 is 0 Å². The number of ether oxygens (including phenoxy) is 2. The van der Waals surface area contributed by atoms with E-state index in [1.807, 2.05) is 0 Å². The zero-order valence-corrected chi connectivity index (χ0v) is 15.7. The standard InChI is InChI=1S/C20H22N4O4/c1-11(2)5-13(22)10-27-17-4-3-14-15-6-18(24-20(25)26)23-8-12(15)9-28-19(14)16(17)7-21/h3-4,6,8,11,13H,5,9-10,22H2,1-2H3,(H,23,24)(H,25,26). The molecule has 1 amide bonds. The Hall–Kier alpha value is -3.31. The lowest BCUT2D eigenvalue weighted by atomic mass is 9.96. The van der Waals surface area contributed by atoms with Crippen LogP contribution in [0, 0.1) is 17.2 Å². The Bertz CT molecular complexity index is 937. The smallest absolute Gasteiger partial charge is 0.410 e. The van der Waals surface area contributed by atoms with Crippen molar-refractivity contribution in [2.75, 3.05) is 11.9 Å². The topological polar surface area (TPSA) is 130 Å². The molecule has 8 heteroatoms. The second kappa shape index (κ2) is 8.15. The molecule has 0 saturated carbocycles. The number of hydrogen-bond acceptors (Lipinski definition) is 6. The monoisotopic (exact) mass is 382 g/mol. The number of carbonyl (C=O) groups is 1. The van der Waals surface area contributed by atoms with Crippen molar-refractivity contribution in [2.45, 2.75) is 32.9 Å². The molecule has 1 aliphatic rings. The zero-order valence-electron chi connectivity index (χ0n) is 15.7. The fourth-order valence-electron chi connectivity index (χ4n) is 3.20. The van der Waals surface area contributed by atoms with Crippen LogP contribution in [0.1, 0.15) is 31.4 Å². The molecule has 1 aromatic carbocycles. The molecule has 0 radical (unpaired) electrons. The molecule has 0 bridgehead atoms. The Balaban J connectivity index is 1.92. The molecule has 28 heavy (non-hydrogen) atoms. The number of carboxylic acid groups (broad SMARTS) is 1. The highest BCUT2D eigenvalue weighted by molar-refractivity contribution is 5.85. The molecule has 0 fully saturated rings. The minimum atomic E-state index is -1.20. The highest BCUT2D eigenvalue weighted by Gasteiger charge is 2.24. The van der Waals surface area contributed by atoms with Gasteiger partial charge in [-0.1, -0.05) is 13.8 Å². The van der Waals surface area contributed by atoms with Gasteiger partial charge in [-0.25, -0.2) is 9.78 Å². The van der Waals surface area contributed by atoms with Gasteiger partial charge in [0.15, 0.2) is 0 Å². The lowest BCUT2D eigenvalue weighted by molar-refractivity contribution is 0.209. The van der Waals surface area contributed by atoms with Crippen molar-refractivity contribution in [3.8, 4) is 28.7 Å². The third-order valence-corrected chi connectivity index (χ3v) is 4.34. The number of rotatable bonds is 6. The minimum Gasteiger partial charge on any atom is -0.490 e. The van der Waals surface area contributed by atoms with Crippen molar-refractivity contribution < 1.29 is 19.4 Å². The Labute approximate surface area is 162 Å². The van der Waals surface area contributed by atoms with Crippen LogP contribution in [-0.4, -0.2) is 28.8 Å². The Kier molecular flexibility index (Phi) is 5.66. The summed E-state index contributed by atoms with van der Waals surface area (Å²) in [4.78, 5) is 14.9. The number of anilines is 1. The summed E-state index contributed by atoms with van der Waals surface area (Å²) in [5, 5.41) is 20.8. The summed E-state index contributed by atoms with van der Waals surface area (Å²) in [6.45, 7) is 4.71. The van der Waals surface area contributed by atoms with Gasteiger partial charge in [0.25, 0.3) is 0 Å². The van der Waals surface area contributed by atoms with Crippen LogP contribution in [0.5, 0.6) is 11.5 Å². The summed E-state index contributed by atoms with van der Waals surface area (Å²) in [5.74, 6) is 1.50. The molecule has 0 saturated heterocycles. The molecule has 2 heterocycles. The lowest BCUT2D eigenvalue weighted by Crippen LogP contribution is -2.29. The van der Waals surface area contributed by atoms with Gasteiger partial charge in [0.1, 0.15) is 42.2 Å². The van der Waals surface area contributed by atoms with Crippen molar-refractivity contribution in [1.29, 1.82) is 5.26 Å². The maximum Gasteiger partial charge on any atom is 0.410 e. The number of benzene rings is 1. The van der Waals surface area contributed by atoms with Crippen LogP contribution in [0.15, 0.2) is 24.4 Å². The molecule has 1 aliphatic heterocycles. The van der Waals surface area contributed by atoms with Gasteiger partial charge in [-0.05, 0) is 36.1 Å². The quantitative estimate of drug-likeness (QED) is 0.698. The number of amides is 1. The summed E-state index contributed by atoms with van der Waals surface area (Å²) in [5.41, 5.74) is 8.62. The van der Waals surface area contributed by atoms with Crippen LogP contribution in [-0.2, 0) is 6.61 Å². The van der Waals surface area contributed by atoms with E-state index in [0.29, 0.717) is 35.2 Å². The first kappa shape index (κ1) is 19.5. The second-order valence-corrected chi connectivity index (χ2v) is 7.07. The van der Waals surface area contributed by atoms with Gasteiger partial charge in [0.2, 0.25) is 0 Å². The molecule has 3 rings (SSSR count). The molecule has 1 unspecified atom stereocenters. The largest absolute Gasteiger partial charge is 0.490 e. The summed E-state index contributed by atoms with van der Waals surface area (Å²) >= 11 is 0. The SMILES string of the molecule is CC(C)CC(N)COc1ccc2c(c1C#N)OCc1cnc(NC(=O)O)cc1-2. The van der Waals surface area contributed by atoms with Crippen molar-refractivity contribution in [2.24, 2.45) is 11.7 Å². The van der Waals surface area contributed by atoms with Crippen LogP contribution in [0.2, 0.25) is 0 Å². The van der Waals surface area contributed by atoms with E-state index < -0.39 is 6.09 Å². The molecule has 1 aromatic heterocycles. The number of hydrogen-bond donors (Lipinski definition) is 3.